The van der Waals surface area contributed by atoms with Crippen LogP contribution in [0.15, 0.2) is 0 Å². The summed E-state index contributed by atoms with van der Waals surface area (Å²) in [7, 11) is 0. The minimum atomic E-state index is -0.217. The number of hydrogen-bond donors (Lipinski definition) is 1. The Labute approximate surface area is 83.1 Å². The molecular weight excluding hydrogens is 184 g/mol. The fraction of sp³-hybridized carbons (Fsp3) is 0.889. The molecular formula is C9H16N2O3. The molecule has 2 aliphatic rings. The molecule has 0 atom stereocenters. The van der Waals surface area contributed by atoms with Crippen LogP contribution in [0.4, 0.5) is 4.79 Å². The number of rotatable bonds is 1. The summed E-state index contributed by atoms with van der Waals surface area (Å²) >= 11 is 0. The van der Waals surface area contributed by atoms with Crippen molar-refractivity contribution in [2.24, 2.45) is 5.73 Å². The highest BCUT2D eigenvalue weighted by molar-refractivity contribution is 5.68. The number of nitrogens with zero attached hydrogens (tertiary/aromatic N) is 1. The van der Waals surface area contributed by atoms with E-state index in [-0.39, 0.29) is 18.2 Å². The van der Waals surface area contributed by atoms with E-state index in [0.717, 1.165) is 12.8 Å². The first-order chi connectivity index (χ1) is 6.75. The Morgan fingerprint density at radius 3 is 2.57 bits per heavy atom. The first-order valence-corrected chi connectivity index (χ1v) is 5.04. The molecule has 2 rings (SSSR count). The second-order valence-electron chi connectivity index (χ2n) is 3.84. The van der Waals surface area contributed by atoms with Gasteiger partial charge in [0.1, 0.15) is 6.10 Å². The normalized spacial score (nSPS) is 32.2. The maximum Gasteiger partial charge on any atom is 0.410 e. The summed E-state index contributed by atoms with van der Waals surface area (Å²) in [5.41, 5.74) is 5.60. The predicted octanol–water partition coefficient (Wildman–Crippen LogP) is -0.0551. The lowest BCUT2D eigenvalue weighted by Crippen LogP contribution is -2.47. The molecule has 5 heteroatoms. The summed E-state index contributed by atoms with van der Waals surface area (Å²) in [6, 6.07) is 0.220. The zero-order valence-electron chi connectivity index (χ0n) is 8.15. The van der Waals surface area contributed by atoms with Gasteiger partial charge in [0.25, 0.3) is 0 Å². The van der Waals surface area contributed by atoms with Crippen LogP contribution in [-0.4, -0.2) is 49.4 Å². The molecule has 0 spiro atoms. The third-order valence-electron chi connectivity index (χ3n) is 2.67. The van der Waals surface area contributed by atoms with E-state index >= 15 is 0 Å². The molecule has 5 nitrogen and oxygen atoms in total. The summed E-state index contributed by atoms with van der Waals surface area (Å²) in [5, 5.41) is 0. The van der Waals surface area contributed by atoms with Crippen LogP contribution in [0.2, 0.25) is 0 Å². The molecule has 2 N–H and O–H groups in total. The van der Waals surface area contributed by atoms with Gasteiger partial charge in [-0.3, -0.25) is 0 Å². The molecule has 0 unspecified atom stereocenters. The largest absolute Gasteiger partial charge is 0.446 e. The smallest absolute Gasteiger partial charge is 0.410 e. The van der Waals surface area contributed by atoms with Crippen LogP contribution in [0.25, 0.3) is 0 Å². The van der Waals surface area contributed by atoms with E-state index in [1.54, 1.807) is 4.90 Å². The van der Waals surface area contributed by atoms with Crippen molar-refractivity contribution < 1.29 is 14.3 Å². The van der Waals surface area contributed by atoms with Crippen molar-refractivity contribution in [1.82, 2.24) is 4.90 Å². The summed E-state index contributed by atoms with van der Waals surface area (Å²) in [6.07, 6.45) is 1.43. The highest BCUT2D eigenvalue weighted by atomic mass is 16.6. The Morgan fingerprint density at radius 2 is 2.00 bits per heavy atom. The molecule has 1 saturated carbocycles. The fourth-order valence-corrected chi connectivity index (χ4v) is 1.67. The molecule has 0 radical (unpaired) electrons. The summed E-state index contributed by atoms with van der Waals surface area (Å²) in [5.74, 6) is 0. The van der Waals surface area contributed by atoms with Gasteiger partial charge in [-0.1, -0.05) is 0 Å². The average molecular weight is 200 g/mol. The minimum Gasteiger partial charge on any atom is -0.446 e. The first-order valence-electron chi connectivity index (χ1n) is 5.04. The van der Waals surface area contributed by atoms with Gasteiger partial charge in [-0.2, -0.15) is 0 Å². The van der Waals surface area contributed by atoms with Crippen LogP contribution < -0.4 is 5.73 Å². The average Bonchev–Trinajstić information content (AvgIpc) is 2.17. The molecule has 80 valence electrons. The number of morpholine rings is 1. The van der Waals surface area contributed by atoms with Crippen LogP contribution in [0.5, 0.6) is 0 Å². The SMILES string of the molecule is NC1CC(OC(=O)N2CCOCC2)C1. The maximum atomic E-state index is 11.5. The Morgan fingerprint density at radius 1 is 1.36 bits per heavy atom. The van der Waals surface area contributed by atoms with Crippen molar-refractivity contribution in [3.8, 4) is 0 Å². The Balaban J connectivity index is 1.71. The second-order valence-corrected chi connectivity index (χ2v) is 3.84. The van der Waals surface area contributed by atoms with Crippen molar-refractivity contribution in [2.45, 2.75) is 25.0 Å². The summed E-state index contributed by atoms with van der Waals surface area (Å²) in [6.45, 7) is 2.49. The Hall–Kier alpha value is -0.810. The molecule has 1 amide bonds. The zero-order valence-corrected chi connectivity index (χ0v) is 8.15. The highest BCUT2D eigenvalue weighted by Crippen LogP contribution is 2.22. The number of nitrogens with two attached hydrogens (primary N) is 1. The fourth-order valence-electron chi connectivity index (χ4n) is 1.67. The molecule has 1 aliphatic carbocycles. The van der Waals surface area contributed by atoms with Gasteiger partial charge in [0.05, 0.1) is 13.2 Å². The van der Waals surface area contributed by atoms with Gasteiger partial charge in [0.2, 0.25) is 0 Å². The minimum absolute atomic E-state index is 0.0420. The van der Waals surface area contributed by atoms with E-state index < -0.39 is 0 Å². The van der Waals surface area contributed by atoms with Crippen molar-refractivity contribution in [1.29, 1.82) is 0 Å². The molecule has 2 fully saturated rings. The number of amides is 1. The van der Waals surface area contributed by atoms with Crippen LogP contribution in [0.1, 0.15) is 12.8 Å². The van der Waals surface area contributed by atoms with E-state index in [1.165, 1.54) is 0 Å². The van der Waals surface area contributed by atoms with Crippen molar-refractivity contribution in [2.75, 3.05) is 26.3 Å². The molecule has 14 heavy (non-hydrogen) atoms. The number of hydrogen-bond acceptors (Lipinski definition) is 4. The van der Waals surface area contributed by atoms with Gasteiger partial charge < -0.3 is 20.1 Å². The van der Waals surface area contributed by atoms with Gasteiger partial charge in [0.15, 0.2) is 0 Å². The molecule has 1 heterocycles. The van der Waals surface area contributed by atoms with E-state index in [0.29, 0.717) is 26.3 Å². The summed E-state index contributed by atoms with van der Waals surface area (Å²) in [4.78, 5) is 13.2. The van der Waals surface area contributed by atoms with Crippen molar-refractivity contribution >= 4 is 6.09 Å². The zero-order chi connectivity index (χ0) is 9.97. The molecule has 0 aromatic carbocycles. The predicted molar refractivity (Wildman–Crippen MR) is 49.9 cm³/mol. The quantitative estimate of drug-likeness (QED) is 0.644. The first kappa shape index (κ1) is 9.73. The van der Waals surface area contributed by atoms with Crippen LogP contribution in [-0.2, 0) is 9.47 Å². The molecule has 0 bridgehead atoms. The number of ether oxygens (including phenoxy) is 2. The lowest BCUT2D eigenvalue weighted by molar-refractivity contribution is -0.00917. The Kier molecular flexibility index (Phi) is 2.88. The molecule has 1 saturated heterocycles. The maximum absolute atomic E-state index is 11.5. The number of carbonyl (C=O) groups is 1. The summed E-state index contributed by atoms with van der Waals surface area (Å²) < 4.78 is 10.4. The third kappa shape index (κ3) is 2.16. The Bertz CT molecular complexity index is 210. The van der Waals surface area contributed by atoms with Crippen molar-refractivity contribution in [3.05, 3.63) is 0 Å². The lowest BCUT2D eigenvalue weighted by Gasteiger charge is -2.34. The molecule has 0 aromatic rings. The van der Waals surface area contributed by atoms with E-state index in [2.05, 4.69) is 0 Å². The highest BCUT2D eigenvalue weighted by Gasteiger charge is 2.31. The standard InChI is InChI=1S/C9H16N2O3/c10-7-5-8(6-7)14-9(12)11-1-3-13-4-2-11/h7-8H,1-6,10H2. The second kappa shape index (κ2) is 4.14. The van der Waals surface area contributed by atoms with E-state index in [1.807, 2.05) is 0 Å². The topological polar surface area (TPSA) is 64.8 Å². The van der Waals surface area contributed by atoms with E-state index in [4.69, 9.17) is 15.2 Å². The van der Waals surface area contributed by atoms with Gasteiger partial charge in [0, 0.05) is 19.1 Å². The molecule has 0 aromatic heterocycles. The molecule has 1 aliphatic heterocycles. The van der Waals surface area contributed by atoms with Crippen LogP contribution >= 0.6 is 0 Å². The monoisotopic (exact) mass is 200 g/mol. The lowest BCUT2D eigenvalue weighted by atomic mass is 9.90. The van der Waals surface area contributed by atoms with Gasteiger partial charge >= 0.3 is 6.09 Å². The number of carbonyl (C=O) groups excluding carboxylic acids is 1. The van der Waals surface area contributed by atoms with Crippen LogP contribution in [0, 0.1) is 0 Å². The van der Waals surface area contributed by atoms with Crippen LogP contribution in [0.3, 0.4) is 0 Å². The van der Waals surface area contributed by atoms with Crippen molar-refractivity contribution in [3.63, 3.8) is 0 Å². The van der Waals surface area contributed by atoms with Gasteiger partial charge in [-0.25, -0.2) is 4.79 Å². The van der Waals surface area contributed by atoms with E-state index in [9.17, 15) is 4.79 Å². The third-order valence-corrected chi connectivity index (χ3v) is 2.67. The van der Waals surface area contributed by atoms with Gasteiger partial charge in [-0.15, -0.1) is 0 Å². The van der Waals surface area contributed by atoms with Gasteiger partial charge in [-0.05, 0) is 12.8 Å².